The SMILES string of the molecule is Cc1nc(NCc2ccccc2C2CCC(=O)NC2=O)cc(Nc2ncc(C(=O)Nc3c(C)cccc3Cl)s2)n1. The zero-order valence-electron chi connectivity index (χ0n) is 21.7. The number of carbonyl (C=O) groups is 3. The van der Waals surface area contributed by atoms with Gasteiger partial charge in [-0.25, -0.2) is 15.0 Å². The Morgan fingerprint density at radius 1 is 1.10 bits per heavy atom. The van der Waals surface area contributed by atoms with Gasteiger partial charge in [0.05, 0.1) is 22.8 Å². The van der Waals surface area contributed by atoms with E-state index in [4.69, 9.17) is 11.6 Å². The van der Waals surface area contributed by atoms with E-state index < -0.39 is 0 Å². The molecule has 0 spiro atoms. The summed E-state index contributed by atoms with van der Waals surface area (Å²) < 4.78 is 0. The summed E-state index contributed by atoms with van der Waals surface area (Å²) >= 11 is 7.43. The van der Waals surface area contributed by atoms with Crippen molar-refractivity contribution in [3.8, 4) is 0 Å². The van der Waals surface area contributed by atoms with E-state index in [9.17, 15) is 14.4 Å². The number of piperidine rings is 1. The Labute approximate surface area is 239 Å². The van der Waals surface area contributed by atoms with Crippen molar-refractivity contribution in [3.05, 3.63) is 87.1 Å². The summed E-state index contributed by atoms with van der Waals surface area (Å²) in [6.45, 7) is 4.07. The van der Waals surface area contributed by atoms with Crippen LogP contribution in [0.5, 0.6) is 0 Å². The zero-order chi connectivity index (χ0) is 28.2. The first-order chi connectivity index (χ1) is 19.3. The smallest absolute Gasteiger partial charge is 0.267 e. The third-order valence-electron chi connectivity index (χ3n) is 6.39. The largest absolute Gasteiger partial charge is 0.366 e. The fourth-order valence-electron chi connectivity index (χ4n) is 4.45. The van der Waals surface area contributed by atoms with Gasteiger partial charge in [0.25, 0.3) is 5.91 Å². The second kappa shape index (κ2) is 11.8. The molecule has 1 atom stereocenters. The van der Waals surface area contributed by atoms with Crippen molar-refractivity contribution in [1.29, 1.82) is 0 Å². The summed E-state index contributed by atoms with van der Waals surface area (Å²) in [4.78, 5) is 50.5. The number of amides is 3. The van der Waals surface area contributed by atoms with E-state index in [1.165, 1.54) is 17.5 Å². The number of nitrogens with zero attached hydrogens (tertiary/aromatic N) is 3. The fourth-order valence-corrected chi connectivity index (χ4v) is 5.43. The van der Waals surface area contributed by atoms with E-state index in [0.29, 0.717) is 57.6 Å². The Bertz CT molecular complexity index is 1590. The lowest BCUT2D eigenvalue weighted by Crippen LogP contribution is -2.39. The number of hydrogen-bond acceptors (Lipinski definition) is 9. The van der Waals surface area contributed by atoms with Gasteiger partial charge in [0.15, 0.2) is 5.13 Å². The first-order valence-corrected chi connectivity index (χ1v) is 13.8. The third-order valence-corrected chi connectivity index (χ3v) is 7.62. The van der Waals surface area contributed by atoms with Crippen LogP contribution < -0.4 is 21.3 Å². The van der Waals surface area contributed by atoms with Crippen LogP contribution in [0.3, 0.4) is 0 Å². The van der Waals surface area contributed by atoms with E-state index >= 15 is 0 Å². The molecule has 4 N–H and O–H groups in total. The molecule has 10 nitrogen and oxygen atoms in total. The van der Waals surface area contributed by atoms with Crippen LogP contribution in [0.2, 0.25) is 5.02 Å². The quantitative estimate of drug-likeness (QED) is 0.207. The van der Waals surface area contributed by atoms with Gasteiger partial charge in [-0.3, -0.25) is 19.7 Å². The molecule has 1 aliphatic rings. The van der Waals surface area contributed by atoms with Crippen LogP contribution in [-0.4, -0.2) is 32.7 Å². The van der Waals surface area contributed by atoms with Crippen LogP contribution in [0.15, 0.2) is 54.7 Å². The van der Waals surface area contributed by atoms with Crippen LogP contribution in [0.4, 0.5) is 22.5 Å². The molecular weight excluding hydrogens is 550 g/mol. The van der Waals surface area contributed by atoms with Crippen molar-refractivity contribution in [3.63, 3.8) is 0 Å². The van der Waals surface area contributed by atoms with Gasteiger partial charge in [-0.15, -0.1) is 0 Å². The first-order valence-electron chi connectivity index (χ1n) is 12.6. The van der Waals surface area contributed by atoms with Gasteiger partial charge in [-0.1, -0.05) is 59.3 Å². The second-order valence-corrected chi connectivity index (χ2v) is 10.7. The molecule has 0 radical (unpaired) electrons. The first kappa shape index (κ1) is 27.2. The molecule has 12 heteroatoms. The Kier molecular flexibility index (Phi) is 8.04. The minimum Gasteiger partial charge on any atom is -0.366 e. The maximum Gasteiger partial charge on any atom is 0.267 e. The number of hydrogen-bond donors (Lipinski definition) is 4. The Morgan fingerprint density at radius 2 is 1.90 bits per heavy atom. The van der Waals surface area contributed by atoms with Crippen molar-refractivity contribution in [1.82, 2.24) is 20.3 Å². The molecule has 3 amide bonds. The zero-order valence-corrected chi connectivity index (χ0v) is 23.3. The van der Waals surface area contributed by atoms with E-state index in [2.05, 4.69) is 36.2 Å². The van der Waals surface area contributed by atoms with Gasteiger partial charge in [0, 0.05) is 19.0 Å². The molecule has 2 aromatic carbocycles. The van der Waals surface area contributed by atoms with Gasteiger partial charge >= 0.3 is 0 Å². The second-order valence-electron chi connectivity index (χ2n) is 9.28. The lowest BCUT2D eigenvalue weighted by atomic mass is 9.87. The highest BCUT2D eigenvalue weighted by Crippen LogP contribution is 2.30. The van der Waals surface area contributed by atoms with Crippen LogP contribution >= 0.6 is 22.9 Å². The highest BCUT2D eigenvalue weighted by atomic mass is 35.5. The van der Waals surface area contributed by atoms with Crippen LogP contribution in [0, 0.1) is 13.8 Å². The highest BCUT2D eigenvalue weighted by molar-refractivity contribution is 7.17. The fraction of sp³-hybridized carbons (Fsp3) is 0.214. The highest BCUT2D eigenvalue weighted by Gasteiger charge is 2.29. The molecule has 0 saturated carbocycles. The average molecular weight is 576 g/mol. The van der Waals surface area contributed by atoms with Gasteiger partial charge in [0.2, 0.25) is 11.8 Å². The molecule has 1 saturated heterocycles. The van der Waals surface area contributed by atoms with Crippen molar-refractivity contribution >= 4 is 63.1 Å². The summed E-state index contributed by atoms with van der Waals surface area (Å²) in [7, 11) is 0. The molecule has 5 rings (SSSR count). The number of aromatic nitrogens is 3. The summed E-state index contributed by atoms with van der Waals surface area (Å²) in [5.74, 6) is 0.433. The van der Waals surface area contributed by atoms with Crippen molar-refractivity contribution < 1.29 is 14.4 Å². The van der Waals surface area contributed by atoms with Gasteiger partial charge in [0.1, 0.15) is 22.3 Å². The molecule has 204 valence electrons. The number of benzene rings is 2. The molecule has 40 heavy (non-hydrogen) atoms. The predicted molar refractivity (Wildman–Crippen MR) is 155 cm³/mol. The summed E-state index contributed by atoms with van der Waals surface area (Å²) in [6.07, 6.45) is 2.29. The van der Waals surface area contributed by atoms with Crippen LogP contribution in [-0.2, 0) is 16.1 Å². The molecule has 3 heterocycles. The molecular formula is C28H26ClN7O3S. The van der Waals surface area contributed by atoms with Crippen molar-refractivity contribution in [2.75, 3.05) is 16.0 Å². The van der Waals surface area contributed by atoms with Crippen molar-refractivity contribution in [2.45, 2.75) is 39.2 Å². The number of anilines is 4. The van der Waals surface area contributed by atoms with Gasteiger partial charge in [-0.05, 0) is 43.0 Å². The molecule has 2 aromatic heterocycles. The number of thiazole rings is 1. The third kappa shape index (κ3) is 6.27. The Morgan fingerprint density at radius 3 is 2.70 bits per heavy atom. The number of para-hydroxylation sites is 1. The lowest BCUT2D eigenvalue weighted by molar-refractivity contribution is -0.134. The minimum atomic E-state index is -0.377. The monoisotopic (exact) mass is 575 g/mol. The Balaban J connectivity index is 1.26. The number of carbonyl (C=O) groups excluding carboxylic acids is 3. The summed E-state index contributed by atoms with van der Waals surface area (Å²) in [5.41, 5.74) is 3.25. The van der Waals surface area contributed by atoms with Crippen LogP contribution in [0.25, 0.3) is 0 Å². The number of nitrogens with one attached hydrogen (secondary N) is 4. The summed E-state index contributed by atoms with van der Waals surface area (Å²) in [6, 6.07) is 14.8. The van der Waals surface area contributed by atoms with Crippen LogP contribution in [0.1, 0.15) is 50.9 Å². The normalized spacial score (nSPS) is 14.9. The molecule has 4 aromatic rings. The maximum atomic E-state index is 12.8. The van der Waals surface area contributed by atoms with E-state index in [1.807, 2.05) is 43.3 Å². The standard InChI is InChI=1S/C28H26ClN7O3S/c1-15-6-5-9-20(29)25(15)36-27(39)21-14-31-28(40-21)34-23-12-22(32-16(2)33-23)30-13-17-7-3-4-8-18(17)19-10-11-24(37)35-26(19)38/h3-9,12,14,19H,10-11,13H2,1-2H3,(H,36,39)(H,35,37,38)(H2,30,31,32,33,34). The average Bonchev–Trinajstić information content (AvgIpc) is 3.38. The number of imide groups is 1. The molecule has 1 aliphatic heterocycles. The maximum absolute atomic E-state index is 12.8. The number of aryl methyl sites for hydroxylation is 2. The van der Waals surface area contributed by atoms with Crippen molar-refractivity contribution in [2.24, 2.45) is 0 Å². The van der Waals surface area contributed by atoms with E-state index in [1.54, 1.807) is 19.1 Å². The van der Waals surface area contributed by atoms with Gasteiger partial charge < -0.3 is 16.0 Å². The molecule has 1 unspecified atom stereocenters. The molecule has 0 aliphatic carbocycles. The predicted octanol–water partition coefficient (Wildman–Crippen LogP) is 5.33. The van der Waals surface area contributed by atoms with E-state index in [-0.39, 0.29) is 23.6 Å². The Hall–Kier alpha value is -4.35. The summed E-state index contributed by atoms with van der Waals surface area (Å²) in [5, 5.41) is 12.7. The lowest BCUT2D eigenvalue weighted by Gasteiger charge is -2.23. The molecule has 0 bridgehead atoms. The number of rotatable bonds is 8. The van der Waals surface area contributed by atoms with Gasteiger partial charge in [-0.2, -0.15) is 0 Å². The molecule has 1 fully saturated rings. The minimum absolute atomic E-state index is 0.239. The van der Waals surface area contributed by atoms with E-state index in [0.717, 1.165) is 16.7 Å². The topological polar surface area (TPSA) is 138 Å². The number of halogens is 1.